The van der Waals surface area contributed by atoms with Crippen LogP contribution in [0, 0.1) is 11.8 Å². The molecule has 3 saturated carbocycles. The van der Waals surface area contributed by atoms with E-state index < -0.39 is 6.10 Å². The van der Waals surface area contributed by atoms with Gasteiger partial charge in [-0.15, -0.1) is 0 Å². The Morgan fingerprint density at radius 3 is 2.62 bits per heavy atom. The normalized spacial score (nSPS) is 37.6. The van der Waals surface area contributed by atoms with Gasteiger partial charge in [0, 0.05) is 13.3 Å². The van der Waals surface area contributed by atoms with Crippen molar-refractivity contribution in [3.05, 3.63) is 0 Å². The molecule has 3 aliphatic rings. The molecule has 72 valence electrons. The Morgan fingerprint density at radius 1 is 1.31 bits per heavy atom. The molecule has 0 spiro atoms. The fraction of sp³-hybridized carbons (Fsp3) is 0.800. The van der Waals surface area contributed by atoms with Crippen molar-refractivity contribution >= 4 is 11.8 Å². The van der Waals surface area contributed by atoms with E-state index in [0.717, 1.165) is 19.3 Å². The highest BCUT2D eigenvalue weighted by atomic mass is 16.5. The van der Waals surface area contributed by atoms with Gasteiger partial charge in [0.1, 0.15) is 0 Å². The first kappa shape index (κ1) is 8.73. The van der Waals surface area contributed by atoms with Gasteiger partial charge in [-0.1, -0.05) is 0 Å². The standard InChI is InChI=1S/C10H14O3/c1-6(11)13-10-5-8-2-7(3-8)4-9(10)12/h7-8,10H,2-5H2,1H3. The Labute approximate surface area is 77.4 Å². The van der Waals surface area contributed by atoms with Gasteiger partial charge < -0.3 is 4.74 Å². The Balaban J connectivity index is 2.00. The number of hydrogen-bond donors (Lipinski definition) is 0. The highest BCUT2D eigenvalue weighted by Gasteiger charge is 2.40. The number of esters is 1. The summed E-state index contributed by atoms with van der Waals surface area (Å²) in [6.45, 7) is 1.36. The molecule has 0 radical (unpaired) electrons. The van der Waals surface area contributed by atoms with Crippen LogP contribution in [0.2, 0.25) is 0 Å². The number of fused-ring (bicyclic) bond motifs is 3. The van der Waals surface area contributed by atoms with Gasteiger partial charge in [0.2, 0.25) is 0 Å². The van der Waals surface area contributed by atoms with Crippen molar-refractivity contribution in [2.75, 3.05) is 0 Å². The molecule has 3 heteroatoms. The highest BCUT2D eigenvalue weighted by molar-refractivity contribution is 5.86. The first-order valence-corrected chi connectivity index (χ1v) is 4.85. The lowest BCUT2D eigenvalue weighted by molar-refractivity contribution is -0.153. The third-order valence-electron chi connectivity index (χ3n) is 3.04. The van der Waals surface area contributed by atoms with E-state index >= 15 is 0 Å². The lowest BCUT2D eigenvalue weighted by atomic mass is 9.74. The smallest absolute Gasteiger partial charge is 0.303 e. The van der Waals surface area contributed by atoms with Crippen LogP contribution in [0.5, 0.6) is 0 Å². The Bertz CT molecular complexity index is 241. The molecule has 3 fully saturated rings. The van der Waals surface area contributed by atoms with Crippen LogP contribution in [-0.4, -0.2) is 17.9 Å². The van der Waals surface area contributed by atoms with Gasteiger partial charge in [-0.2, -0.15) is 0 Å². The maximum Gasteiger partial charge on any atom is 0.303 e. The molecule has 1 atom stereocenters. The molecule has 0 aromatic heterocycles. The summed E-state index contributed by atoms with van der Waals surface area (Å²) in [6.07, 6.45) is 3.26. The van der Waals surface area contributed by atoms with E-state index in [2.05, 4.69) is 0 Å². The van der Waals surface area contributed by atoms with Crippen LogP contribution in [0.15, 0.2) is 0 Å². The SMILES string of the molecule is CC(=O)OC1CC2CC(CC1=O)C2. The molecule has 0 heterocycles. The molecule has 3 nitrogen and oxygen atoms in total. The quantitative estimate of drug-likeness (QED) is 0.574. The molecular weight excluding hydrogens is 168 g/mol. The zero-order valence-electron chi connectivity index (χ0n) is 7.79. The van der Waals surface area contributed by atoms with Crippen molar-refractivity contribution in [1.29, 1.82) is 0 Å². The van der Waals surface area contributed by atoms with Gasteiger partial charge in [-0.3, -0.25) is 9.59 Å². The second kappa shape index (κ2) is 3.13. The highest BCUT2D eigenvalue weighted by Crippen LogP contribution is 2.43. The molecule has 2 bridgehead atoms. The van der Waals surface area contributed by atoms with Crippen LogP contribution in [0.4, 0.5) is 0 Å². The summed E-state index contributed by atoms with van der Waals surface area (Å²) >= 11 is 0. The van der Waals surface area contributed by atoms with Crippen molar-refractivity contribution in [2.24, 2.45) is 11.8 Å². The molecule has 13 heavy (non-hydrogen) atoms. The van der Waals surface area contributed by atoms with Crippen LogP contribution in [-0.2, 0) is 14.3 Å². The molecular formula is C10H14O3. The second-order valence-electron chi connectivity index (χ2n) is 4.21. The predicted octanol–water partition coefficient (Wildman–Crippen LogP) is 1.31. The topological polar surface area (TPSA) is 43.4 Å². The second-order valence-corrected chi connectivity index (χ2v) is 4.21. The fourth-order valence-corrected chi connectivity index (χ4v) is 2.40. The molecule has 3 aliphatic carbocycles. The number of Topliss-reactive ketones (excluding diaryl/α,β-unsaturated/α-hetero) is 1. The van der Waals surface area contributed by atoms with E-state index in [1.54, 1.807) is 0 Å². The van der Waals surface area contributed by atoms with Crippen LogP contribution in [0.25, 0.3) is 0 Å². The maximum atomic E-state index is 11.5. The average molecular weight is 182 g/mol. The first-order chi connectivity index (χ1) is 6.15. The minimum absolute atomic E-state index is 0.125. The van der Waals surface area contributed by atoms with E-state index in [1.165, 1.54) is 6.92 Å². The Hall–Kier alpha value is -0.860. The van der Waals surface area contributed by atoms with Crippen molar-refractivity contribution in [1.82, 2.24) is 0 Å². The number of hydrogen-bond acceptors (Lipinski definition) is 3. The molecule has 3 rings (SSSR count). The summed E-state index contributed by atoms with van der Waals surface area (Å²) in [5.41, 5.74) is 0. The van der Waals surface area contributed by atoms with Crippen LogP contribution in [0.3, 0.4) is 0 Å². The van der Waals surface area contributed by atoms with E-state index in [1.807, 2.05) is 0 Å². The number of rotatable bonds is 1. The first-order valence-electron chi connectivity index (χ1n) is 4.85. The lowest BCUT2D eigenvalue weighted by Crippen LogP contribution is -2.25. The average Bonchev–Trinajstić information content (AvgIpc) is 2.16. The molecule has 0 aromatic carbocycles. The maximum absolute atomic E-state index is 11.5. The summed E-state index contributed by atoms with van der Waals surface area (Å²) in [5, 5.41) is 0. The van der Waals surface area contributed by atoms with E-state index in [0.29, 0.717) is 18.3 Å². The number of carbonyl (C=O) groups excluding carboxylic acids is 2. The summed E-state index contributed by atoms with van der Waals surface area (Å²) in [6, 6.07) is 0. The molecule has 0 N–H and O–H groups in total. The Kier molecular flexibility index (Phi) is 2.10. The zero-order valence-corrected chi connectivity index (χ0v) is 7.79. The minimum Gasteiger partial charge on any atom is -0.455 e. The van der Waals surface area contributed by atoms with Crippen molar-refractivity contribution in [3.8, 4) is 0 Å². The molecule has 0 aliphatic heterocycles. The number of ether oxygens (including phenoxy) is 1. The van der Waals surface area contributed by atoms with E-state index in [4.69, 9.17) is 4.74 Å². The largest absolute Gasteiger partial charge is 0.455 e. The van der Waals surface area contributed by atoms with Crippen LogP contribution < -0.4 is 0 Å². The Morgan fingerprint density at radius 2 is 2.00 bits per heavy atom. The van der Waals surface area contributed by atoms with E-state index in [9.17, 15) is 9.59 Å². The van der Waals surface area contributed by atoms with Crippen LogP contribution in [0.1, 0.15) is 32.6 Å². The summed E-state index contributed by atoms with van der Waals surface area (Å²) in [4.78, 5) is 22.2. The number of ketones is 1. The summed E-state index contributed by atoms with van der Waals surface area (Å²) < 4.78 is 4.99. The summed E-state index contributed by atoms with van der Waals surface area (Å²) in [5.74, 6) is 0.997. The minimum atomic E-state index is -0.435. The zero-order chi connectivity index (χ0) is 9.42. The third-order valence-corrected chi connectivity index (χ3v) is 3.04. The monoisotopic (exact) mass is 182 g/mol. The van der Waals surface area contributed by atoms with Crippen molar-refractivity contribution < 1.29 is 14.3 Å². The van der Waals surface area contributed by atoms with Gasteiger partial charge in [0.05, 0.1) is 0 Å². The van der Waals surface area contributed by atoms with Gasteiger partial charge >= 0.3 is 5.97 Å². The summed E-state index contributed by atoms with van der Waals surface area (Å²) in [7, 11) is 0. The lowest BCUT2D eigenvalue weighted by Gasteiger charge is -2.31. The van der Waals surface area contributed by atoms with Gasteiger partial charge in [0.25, 0.3) is 0 Å². The number of carbonyl (C=O) groups is 2. The van der Waals surface area contributed by atoms with Gasteiger partial charge in [-0.25, -0.2) is 0 Å². The predicted molar refractivity (Wildman–Crippen MR) is 46.0 cm³/mol. The van der Waals surface area contributed by atoms with Crippen LogP contribution >= 0.6 is 0 Å². The fourth-order valence-electron chi connectivity index (χ4n) is 2.40. The van der Waals surface area contributed by atoms with E-state index in [-0.39, 0.29) is 11.8 Å². The molecule has 0 aromatic rings. The molecule has 0 amide bonds. The van der Waals surface area contributed by atoms with Gasteiger partial charge in [-0.05, 0) is 31.1 Å². The third kappa shape index (κ3) is 1.74. The van der Waals surface area contributed by atoms with Gasteiger partial charge in [0.15, 0.2) is 11.9 Å². The molecule has 1 unspecified atom stereocenters. The van der Waals surface area contributed by atoms with Crippen molar-refractivity contribution in [3.63, 3.8) is 0 Å². The van der Waals surface area contributed by atoms with Crippen molar-refractivity contribution in [2.45, 2.75) is 38.7 Å². The molecule has 0 saturated heterocycles.